The van der Waals surface area contributed by atoms with Crippen molar-refractivity contribution in [3.05, 3.63) is 119 Å². The molecule has 2 aliphatic rings. The first-order valence-corrected chi connectivity index (χ1v) is 29.8. The molecule has 2 fully saturated rings. The first-order valence-electron chi connectivity index (χ1n) is 29.8. The molecule has 2 saturated heterocycles. The van der Waals surface area contributed by atoms with Crippen LogP contribution in [0.5, 0.6) is 11.5 Å². The first kappa shape index (κ1) is 74.4. The molecule has 7 N–H and O–H groups in total. The lowest BCUT2D eigenvalue weighted by Crippen LogP contribution is -2.69. The molecule has 9 atom stereocenters. The van der Waals surface area contributed by atoms with E-state index in [1.165, 1.54) is 19.2 Å². The number of carboxylic acid groups (broad SMARTS) is 1. The SMILES string of the molecule is CCCCCC(=O)NCCCC(=O)N[C@H]1C(COCc2ccc(OC)cc2)OCC(NC(=O)Nc2cccc(C(F)(F)F)c2)[C@H]1O[C@@H]1OC(COCc2ccc(OC)cc2)[C@@H](C)[C@H](C)C1NC(=O)Nc1cccc(C(F)(F)F)c1.COCCOCCOCC(=O)O. The Labute approximate surface area is 525 Å². The van der Waals surface area contributed by atoms with E-state index in [-0.39, 0.29) is 82.2 Å². The number of methoxy groups -OCH3 is 3. The largest absolute Gasteiger partial charge is 0.497 e. The molecule has 22 nitrogen and oxygen atoms in total. The van der Waals surface area contributed by atoms with Crippen molar-refractivity contribution in [2.24, 2.45) is 11.8 Å². The van der Waals surface area contributed by atoms with Gasteiger partial charge in [0.1, 0.15) is 30.3 Å². The van der Waals surface area contributed by atoms with Gasteiger partial charge in [0, 0.05) is 37.9 Å². The van der Waals surface area contributed by atoms with Crippen LogP contribution >= 0.6 is 0 Å². The van der Waals surface area contributed by atoms with Gasteiger partial charge in [-0.15, -0.1) is 0 Å². The Morgan fingerprint density at radius 3 is 1.68 bits per heavy atom. The zero-order chi connectivity index (χ0) is 66.3. The fraction of sp³-hybridized carbons (Fsp3) is 0.540. The Balaban J connectivity index is 0.00000113. The van der Waals surface area contributed by atoms with Crippen LogP contribution in [-0.4, -0.2) is 158 Å². The van der Waals surface area contributed by atoms with Crippen molar-refractivity contribution in [3.63, 3.8) is 0 Å². The zero-order valence-corrected chi connectivity index (χ0v) is 51.8. The van der Waals surface area contributed by atoms with Crippen molar-refractivity contribution in [2.75, 3.05) is 91.4 Å². The Morgan fingerprint density at radius 2 is 1.14 bits per heavy atom. The molecule has 91 heavy (non-hydrogen) atoms. The number of carboxylic acids is 1. The molecule has 6 rings (SSSR count). The van der Waals surface area contributed by atoms with Crippen LogP contribution in [0.2, 0.25) is 0 Å². The molecule has 0 aliphatic carbocycles. The van der Waals surface area contributed by atoms with E-state index >= 15 is 0 Å². The van der Waals surface area contributed by atoms with Gasteiger partial charge in [-0.3, -0.25) is 9.59 Å². The summed E-state index contributed by atoms with van der Waals surface area (Å²) in [6.45, 7) is 7.17. The maximum atomic E-state index is 14.1. The second kappa shape index (κ2) is 38.5. The topological polar surface area (TPSA) is 270 Å². The highest BCUT2D eigenvalue weighted by Gasteiger charge is 2.49. The number of hydrogen-bond donors (Lipinski definition) is 7. The summed E-state index contributed by atoms with van der Waals surface area (Å²) < 4.78 is 140. The van der Waals surface area contributed by atoms with E-state index in [1.54, 1.807) is 50.6 Å². The van der Waals surface area contributed by atoms with Gasteiger partial charge in [-0.1, -0.05) is 70.0 Å². The highest BCUT2D eigenvalue weighted by Crippen LogP contribution is 2.36. The van der Waals surface area contributed by atoms with Crippen molar-refractivity contribution in [1.82, 2.24) is 21.3 Å². The van der Waals surface area contributed by atoms with E-state index in [0.717, 1.165) is 66.8 Å². The predicted octanol–water partition coefficient (Wildman–Crippen LogP) is 9.35. The van der Waals surface area contributed by atoms with Gasteiger partial charge >= 0.3 is 30.4 Å². The summed E-state index contributed by atoms with van der Waals surface area (Å²) in [5.74, 6) is -1.26. The number of hydrogen-bond acceptors (Lipinski definition) is 15. The van der Waals surface area contributed by atoms with E-state index < -0.39 is 96.1 Å². The number of aliphatic carboxylic acids is 1. The van der Waals surface area contributed by atoms with Crippen molar-refractivity contribution >= 4 is 41.2 Å². The predicted molar refractivity (Wildman–Crippen MR) is 321 cm³/mol. The van der Waals surface area contributed by atoms with Gasteiger partial charge in [-0.05, 0) is 96.5 Å². The van der Waals surface area contributed by atoms with Gasteiger partial charge in [-0.25, -0.2) is 14.4 Å². The number of carbonyl (C=O) groups excluding carboxylic acids is 4. The maximum Gasteiger partial charge on any atom is 0.416 e. The summed E-state index contributed by atoms with van der Waals surface area (Å²) >= 11 is 0. The molecule has 4 aromatic rings. The van der Waals surface area contributed by atoms with Crippen LogP contribution in [0, 0.1) is 11.8 Å². The molecular weight excluding hydrogens is 1210 g/mol. The molecule has 4 aromatic carbocycles. The molecule has 4 unspecified atom stereocenters. The standard InChI is InChI=1S/C56H70F6N6O11.C7H14O5/c1-6-7-8-16-47(69)63-26-11-17-48(70)67-50-46(33-76-30-37-20-24-43(74-5)25-21-37)77-31-44(66-53(71)64-40-14-9-12-38(27-40)55(57,58)59)51(50)79-52-49(68-54(72)65-41-15-10-13-39(28-41)56(60,61)62)35(3)34(2)45(78-52)32-75-29-36-18-22-42(73-4)23-19-36;1-10-2-3-11-4-5-12-6-7(8)9/h9-10,12-15,18-25,27-28,34-35,44-46,49-52H,6-8,11,16-17,26,29-33H2,1-5H3,(H,63,69)(H,67,70)(H2,64,66,71)(H2,65,68,72);2-6H2,1H3,(H,8,9)/t34-,35-,44?,45?,46?,49?,50-,51+,52-;/m0./s1. The fourth-order valence-electron chi connectivity index (χ4n) is 9.58. The second-order valence-electron chi connectivity index (χ2n) is 21.5. The molecule has 2 aliphatic heterocycles. The Bertz CT molecular complexity index is 2840. The molecule has 0 spiro atoms. The third-order valence-electron chi connectivity index (χ3n) is 14.7. The van der Waals surface area contributed by atoms with E-state index in [4.69, 9.17) is 52.5 Å². The van der Waals surface area contributed by atoms with Crippen LogP contribution in [0.4, 0.5) is 47.3 Å². The molecule has 504 valence electrons. The quantitative estimate of drug-likeness (QED) is 0.0173. The first-order chi connectivity index (χ1) is 43.5. The highest BCUT2D eigenvalue weighted by molar-refractivity contribution is 5.90. The highest BCUT2D eigenvalue weighted by atomic mass is 19.4. The van der Waals surface area contributed by atoms with Gasteiger partial charge in [0.25, 0.3) is 0 Å². The second-order valence-corrected chi connectivity index (χ2v) is 21.5. The minimum atomic E-state index is -4.72. The van der Waals surface area contributed by atoms with Crippen LogP contribution in [0.1, 0.15) is 81.5 Å². The van der Waals surface area contributed by atoms with E-state index in [0.29, 0.717) is 44.3 Å². The summed E-state index contributed by atoms with van der Waals surface area (Å²) in [4.78, 5) is 64.4. The number of rotatable bonds is 33. The molecule has 0 radical (unpaired) electrons. The summed E-state index contributed by atoms with van der Waals surface area (Å²) in [5, 5.41) is 24.5. The lowest BCUT2D eigenvalue weighted by atomic mass is 9.82. The number of carbonyl (C=O) groups is 5. The van der Waals surface area contributed by atoms with Gasteiger partial charge in [0.05, 0.1) is 109 Å². The average Bonchev–Trinajstić information content (AvgIpc) is 0.990. The fourth-order valence-corrected chi connectivity index (χ4v) is 9.58. The summed E-state index contributed by atoms with van der Waals surface area (Å²) in [5.41, 5.74) is -0.776. The lowest BCUT2D eigenvalue weighted by Gasteiger charge is -2.49. The molecule has 0 bridgehead atoms. The van der Waals surface area contributed by atoms with Gasteiger partial charge < -0.3 is 84.4 Å². The lowest BCUT2D eigenvalue weighted by molar-refractivity contribution is -0.277. The number of halogens is 6. The summed E-state index contributed by atoms with van der Waals surface area (Å²) in [6.07, 6.45) is -10.9. The number of nitrogens with one attached hydrogen (secondary N) is 6. The van der Waals surface area contributed by atoms with Crippen molar-refractivity contribution in [1.29, 1.82) is 0 Å². The van der Waals surface area contributed by atoms with Crippen molar-refractivity contribution in [3.8, 4) is 11.5 Å². The van der Waals surface area contributed by atoms with Crippen LogP contribution < -0.4 is 41.4 Å². The number of amides is 6. The van der Waals surface area contributed by atoms with Crippen LogP contribution in [0.3, 0.4) is 0 Å². The molecule has 2 heterocycles. The average molecular weight is 1300 g/mol. The maximum absolute atomic E-state index is 14.1. The van der Waals surface area contributed by atoms with Gasteiger partial charge in [0.15, 0.2) is 6.29 Å². The number of alkyl halides is 6. The Morgan fingerprint density at radius 1 is 0.604 bits per heavy atom. The molecule has 0 aromatic heterocycles. The molecule has 28 heteroatoms. The summed E-state index contributed by atoms with van der Waals surface area (Å²) in [7, 11) is 4.67. The molecule has 0 saturated carbocycles. The third-order valence-corrected chi connectivity index (χ3v) is 14.7. The monoisotopic (exact) mass is 1290 g/mol. The Kier molecular flexibility index (Phi) is 31.5. The molecule has 6 amide bonds. The van der Waals surface area contributed by atoms with Crippen molar-refractivity contribution < 1.29 is 103 Å². The zero-order valence-electron chi connectivity index (χ0n) is 51.8. The number of ether oxygens (including phenoxy) is 10. The van der Waals surface area contributed by atoms with Gasteiger partial charge in [0.2, 0.25) is 11.8 Å². The third kappa shape index (κ3) is 26.4. The van der Waals surface area contributed by atoms with E-state index in [9.17, 15) is 50.3 Å². The number of anilines is 2. The van der Waals surface area contributed by atoms with Crippen molar-refractivity contribution in [2.45, 2.75) is 128 Å². The minimum Gasteiger partial charge on any atom is -0.497 e. The van der Waals surface area contributed by atoms with E-state index in [2.05, 4.69) is 31.9 Å². The van der Waals surface area contributed by atoms with Crippen LogP contribution in [-0.2, 0) is 77.8 Å². The van der Waals surface area contributed by atoms with Crippen LogP contribution in [0.25, 0.3) is 0 Å². The number of benzene rings is 4. The number of urea groups is 2. The van der Waals surface area contributed by atoms with Crippen LogP contribution in [0.15, 0.2) is 97.1 Å². The molecular formula is C63H84F6N6O16. The Hall–Kier alpha value is -7.31. The minimum absolute atomic E-state index is 0.00648. The smallest absolute Gasteiger partial charge is 0.416 e. The normalized spacial score (nSPS) is 20.6. The van der Waals surface area contributed by atoms with E-state index in [1.807, 2.05) is 32.9 Å². The van der Waals surface area contributed by atoms with Gasteiger partial charge in [-0.2, -0.15) is 26.3 Å². The summed E-state index contributed by atoms with van der Waals surface area (Å²) in [6, 6.07) is 17.0. The number of unbranched alkanes of at least 4 members (excludes halogenated alkanes) is 2.